The van der Waals surface area contributed by atoms with Crippen molar-refractivity contribution in [3.63, 3.8) is 0 Å². The van der Waals surface area contributed by atoms with E-state index >= 15 is 0 Å². The summed E-state index contributed by atoms with van der Waals surface area (Å²) >= 11 is 0. The summed E-state index contributed by atoms with van der Waals surface area (Å²) < 4.78 is 39.8. The maximum Gasteiger partial charge on any atom is 0.417 e. The number of H-pyrrole nitrogens is 1. The summed E-state index contributed by atoms with van der Waals surface area (Å²) in [6.07, 6.45) is -1.68. The van der Waals surface area contributed by atoms with Gasteiger partial charge in [-0.1, -0.05) is 18.2 Å². The van der Waals surface area contributed by atoms with Gasteiger partial charge in [-0.3, -0.25) is 5.10 Å². The largest absolute Gasteiger partial charge is 0.417 e. The molecule has 4 aromatic rings. The molecule has 0 saturated carbocycles. The zero-order valence-corrected chi connectivity index (χ0v) is 13.0. The van der Waals surface area contributed by atoms with Crippen LogP contribution in [0.5, 0.6) is 0 Å². The summed E-state index contributed by atoms with van der Waals surface area (Å²) in [4.78, 5) is 8.57. The van der Waals surface area contributed by atoms with E-state index in [9.17, 15) is 13.2 Å². The Morgan fingerprint density at radius 3 is 2.76 bits per heavy atom. The fraction of sp³-hybridized carbons (Fsp3) is 0.118. The monoisotopic (exact) mass is 343 g/mol. The van der Waals surface area contributed by atoms with Crippen molar-refractivity contribution in [1.29, 1.82) is 0 Å². The van der Waals surface area contributed by atoms with Crippen LogP contribution < -0.4 is 5.32 Å². The molecule has 5 nitrogen and oxygen atoms in total. The molecule has 0 unspecified atom stereocenters. The van der Waals surface area contributed by atoms with E-state index in [1.807, 2.05) is 25.1 Å². The lowest BCUT2D eigenvalue weighted by molar-refractivity contribution is -0.136. The fourth-order valence-corrected chi connectivity index (χ4v) is 2.75. The average molecular weight is 343 g/mol. The average Bonchev–Trinajstić information content (AvgIpc) is 3.02. The summed E-state index contributed by atoms with van der Waals surface area (Å²) in [5.74, 6) is 0.230. The first-order chi connectivity index (χ1) is 11.9. The number of anilines is 2. The van der Waals surface area contributed by atoms with Gasteiger partial charge in [0.05, 0.1) is 22.8 Å². The minimum absolute atomic E-state index is 0.0216. The lowest BCUT2D eigenvalue weighted by atomic mass is 10.1. The molecule has 2 aromatic heterocycles. The molecule has 0 aliphatic carbocycles. The quantitative estimate of drug-likeness (QED) is 0.559. The van der Waals surface area contributed by atoms with Gasteiger partial charge >= 0.3 is 6.18 Å². The maximum absolute atomic E-state index is 13.3. The number of rotatable bonds is 2. The van der Waals surface area contributed by atoms with Crippen LogP contribution in [0.1, 0.15) is 11.1 Å². The van der Waals surface area contributed by atoms with Gasteiger partial charge in [-0.15, -0.1) is 0 Å². The highest BCUT2D eigenvalue weighted by atomic mass is 19.4. The molecular formula is C17H12F3N5. The van der Waals surface area contributed by atoms with Gasteiger partial charge in [0.25, 0.3) is 0 Å². The van der Waals surface area contributed by atoms with Crippen molar-refractivity contribution in [3.8, 4) is 0 Å². The second-order valence-corrected chi connectivity index (χ2v) is 5.68. The second-order valence-electron chi connectivity index (χ2n) is 5.68. The Hall–Kier alpha value is -3.16. The number of para-hydroxylation sites is 1. The van der Waals surface area contributed by atoms with Gasteiger partial charge in [-0.25, -0.2) is 9.97 Å². The molecule has 4 rings (SSSR count). The van der Waals surface area contributed by atoms with Crippen molar-refractivity contribution in [2.45, 2.75) is 13.1 Å². The van der Waals surface area contributed by atoms with E-state index in [0.717, 1.165) is 28.7 Å². The molecule has 8 heteroatoms. The van der Waals surface area contributed by atoms with Crippen LogP contribution in [0, 0.1) is 6.92 Å². The summed E-state index contributed by atoms with van der Waals surface area (Å²) in [5.41, 5.74) is 1.46. The molecule has 0 amide bonds. The third kappa shape index (κ3) is 2.75. The van der Waals surface area contributed by atoms with Gasteiger partial charge in [-0.05, 0) is 24.6 Å². The third-order valence-corrected chi connectivity index (χ3v) is 3.93. The highest BCUT2D eigenvalue weighted by Gasteiger charge is 2.33. The van der Waals surface area contributed by atoms with E-state index in [1.54, 1.807) is 12.3 Å². The number of hydrogen-bond acceptors (Lipinski definition) is 4. The molecule has 0 spiro atoms. The van der Waals surface area contributed by atoms with Crippen molar-refractivity contribution >= 4 is 33.4 Å². The first-order valence-electron chi connectivity index (χ1n) is 7.45. The van der Waals surface area contributed by atoms with Crippen LogP contribution in [0.2, 0.25) is 0 Å². The number of benzene rings is 2. The van der Waals surface area contributed by atoms with E-state index in [0.29, 0.717) is 0 Å². The lowest BCUT2D eigenvalue weighted by Crippen LogP contribution is -2.07. The molecule has 0 aliphatic heterocycles. The number of aromatic nitrogens is 4. The van der Waals surface area contributed by atoms with Crippen LogP contribution in [0.25, 0.3) is 21.8 Å². The lowest BCUT2D eigenvalue weighted by Gasteiger charge is -2.12. The smallest absolute Gasteiger partial charge is 0.324 e. The third-order valence-electron chi connectivity index (χ3n) is 3.93. The Morgan fingerprint density at radius 1 is 1.12 bits per heavy atom. The van der Waals surface area contributed by atoms with E-state index < -0.39 is 11.7 Å². The molecule has 0 aliphatic rings. The van der Waals surface area contributed by atoms with E-state index in [1.165, 1.54) is 0 Å². The normalized spacial score (nSPS) is 12.0. The van der Waals surface area contributed by atoms with E-state index in [4.69, 9.17) is 0 Å². The zero-order valence-electron chi connectivity index (χ0n) is 13.0. The van der Waals surface area contributed by atoms with Gasteiger partial charge in [0.1, 0.15) is 0 Å². The highest BCUT2D eigenvalue weighted by Crippen LogP contribution is 2.36. The summed E-state index contributed by atoms with van der Waals surface area (Å²) in [6, 6.07) is 8.27. The summed E-state index contributed by atoms with van der Waals surface area (Å²) in [7, 11) is 0. The van der Waals surface area contributed by atoms with Crippen molar-refractivity contribution < 1.29 is 13.2 Å². The van der Waals surface area contributed by atoms with Gasteiger partial charge in [0.2, 0.25) is 5.95 Å². The maximum atomic E-state index is 13.3. The van der Waals surface area contributed by atoms with Crippen molar-refractivity contribution in [3.05, 3.63) is 53.9 Å². The molecule has 126 valence electrons. The molecule has 2 heterocycles. The Labute approximate surface area is 139 Å². The van der Waals surface area contributed by atoms with Crippen molar-refractivity contribution in [2.24, 2.45) is 0 Å². The van der Waals surface area contributed by atoms with Crippen LogP contribution in [0.15, 0.2) is 42.7 Å². The number of alkyl halides is 3. The molecule has 0 bridgehead atoms. The van der Waals surface area contributed by atoms with Crippen molar-refractivity contribution in [1.82, 2.24) is 20.2 Å². The second kappa shape index (κ2) is 5.44. The highest BCUT2D eigenvalue weighted by molar-refractivity contribution is 5.87. The molecule has 2 aromatic carbocycles. The van der Waals surface area contributed by atoms with Crippen LogP contribution in [-0.2, 0) is 6.18 Å². The number of nitrogens with one attached hydrogen (secondary N) is 2. The number of fused-ring (bicyclic) bond motifs is 2. The molecule has 0 saturated heterocycles. The molecule has 0 fully saturated rings. The van der Waals surface area contributed by atoms with Crippen LogP contribution in [0.3, 0.4) is 0 Å². The SMILES string of the molecule is Cc1cccc2cnc(Nc3cc(C(F)(F)F)c4cn[nH]c4c3)nc12. The van der Waals surface area contributed by atoms with E-state index in [-0.39, 0.29) is 22.5 Å². The number of nitrogens with zero attached hydrogens (tertiary/aromatic N) is 3. The van der Waals surface area contributed by atoms with Gasteiger partial charge < -0.3 is 5.32 Å². The molecule has 0 atom stereocenters. The minimum Gasteiger partial charge on any atom is -0.324 e. The minimum atomic E-state index is -4.49. The van der Waals surface area contributed by atoms with Gasteiger partial charge in [-0.2, -0.15) is 18.3 Å². The zero-order chi connectivity index (χ0) is 17.6. The summed E-state index contributed by atoms with van der Waals surface area (Å²) in [5, 5.41) is 9.99. The molecule has 0 radical (unpaired) electrons. The Bertz CT molecular complexity index is 1080. The summed E-state index contributed by atoms with van der Waals surface area (Å²) in [6.45, 7) is 1.91. The van der Waals surface area contributed by atoms with E-state index in [2.05, 4.69) is 25.5 Å². The Balaban J connectivity index is 1.79. The predicted molar refractivity (Wildman–Crippen MR) is 88.7 cm³/mol. The topological polar surface area (TPSA) is 66.5 Å². The van der Waals surface area contributed by atoms with Crippen LogP contribution >= 0.6 is 0 Å². The van der Waals surface area contributed by atoms with Gasteiger partial charge in [0, 0.05) is 22.7 Å². The van der Waals surface area contributed by atoms with Crippen molar-refractivity contribution in [2.75, 3.05) is 5.32 Å². The van der Waals surface area contributed by atoms with Crippen LogP contribution in [-0.4, -0.2) is 20.2 Å². The fourth-order valence-electron chi connectivity index (χ4n) is 2.75. The Morgan fingerprint density at radius 2 is 1.96 bits per heavy atom. The molecule has 25 heavy (non-hydrogen) atoms. The number of hydrogen-bond donors (Lipinski definition) is 2. The Kier molecular flexibility index (Phi) is 3.34. The number of aromatic amines is 1. The first kappa shape index (κ1) is 15.4. The van der Waals surface area contributed by atoms with Crippen LogP contribution in [0.4, 0.5) is 24.8 Å². The first-order valence-corrected chi connectivity index (χ1v) is 7.45. The number of halogens is 3. The number of aryl methyl sites for hydroxylation is 1. The standard InChI is InChI=1S/C17H12F3N5/c1-9-3-2-4-10-7-21-16(24-15(9)10)23-11-5-13(17(18,19)20)12-8-22-25-14(12)6-11/h2-8H,1H3,(H,22,25)(H,21,23,24). The predicted octanol–water partition coefficient (Wildman–Crippen LogP) is 4.58. The van der Waals surface area contributed by atoms with Gasteiger partial charge in [0.15, 0.2) is 0 Å². The molecular weight excluding hydrogens is 331 g/mol. The molecule has 2 N–H and O–H groups in total.